The SMILES string of the molecule is Cn1c(=O)[nH]c(=O)c2c1nc(NN=Cc1ccc(Br)cc1)n2Cc1ccc(Cl)cc1. The van der Waals surface area contributed by atoms with E-state index in [0.29, 0.717) is 17.5 Å². The molecule has 30 heavy (non-hydrogen) atoms. The van der Waals surface area contributed by atoms with E-state index in [1.807, 2.05) is 36.4 Å². The van der Waals surface area contributed by atoms with E-state index >= 15 is 0 Å². The Bertz CT molecular complexity index is 1350. The van der Waals surface area contributed by atoms with E-state index in [0.717, 1.165) is 15.6 Å². The van der Waals surface area contributed by atoms with Gasteiger partial charge in [0, 0.05) is 16.5 Å². The van der Waals surface area contributed by atoms with Crippen LogP contribution in [0.3, 0.4) is 0 Å². The van der Waals surface area contributed by atoms with Gasteiger partial charge in [0.1, 0.15) is 0 Å². The molecule has 0 amide bonds. The lowest BCUT2D eigenvalue weighted by Crippen LogP contribution is -2.29. The molecule has 0 bridgehead atoms. The van der Waals surface area contributed by atoms with Crippen LogP contribution in [0, 0.1) is 0 Å². The molecule has 8 nitrogen and oxygen atoms in total. The topological polar surface area (TPSA) is 97.1 Å². The number of H-pyrrole nitrogens is 1. The normalized spacial score (nSPS) is 11.4. The van der Waals surface area contributed by atoms with Gasteiger partial charge in [-0.05, 0) is 35.4 Å². The number of nitrogens with zero attached hydrogens (tertiary/aromatic N) is 4. The maximum atomic E-state index is 12.5. The molecule has 0 aliphatic carbocycles. The summed E-state index contributed by atoms with van der Waals surface area (Å²) in [5.41, 5.74) is 4.17. The minimum Gasteiger partial charge on any atom is -0.298 e. The van der Waals surface area contributed by atoms with Gasteiger partial charge in [0.25, 0.3) is 5.56 Å². The van der Waals surface area contributed by atoms with Crippen LogP contribution in [0.25, 0.3) is 11.2 Å². The Balaban J connectivity index is 1.77. The van der Waals surface area contributed by atoms with Crippen LogP contribution in [0.15, 0.2) is 67.7 Å². The molecule has 4 rings (SSSR count). The number of imidazole rings is 1. The molecule has 0 radical (unpaired) electrons. The molecule has 0 aliphatic rings. The van der Waals surface area contributed by atoms with Crippen molar-refractivity contribution >= 4 is 50.9 Å². The number of aromatic nitrogens is 4. The molecule has 2 aromatic heterocycles. The monoisotopic (exact) mass is 486 g/mol. The first-order valence-corrected chi connectivity index (χ1v) is 10.1. The van der Waals surface area contributed by atoms with Crippen LogP contribution >= 0.6 is 27.5 Å². The lowest BCUT2D eigenvalue weighted by Gasteiger charge is -2.08. The Morgan fingerprint density at radius 2 is 1.87 bits per heavy atom. The molecule has 152 valence electrons. The van der Waals surface area contributed by atoms with Crippen LogP contribution < -0.4 is 16.7 Å². The fraction of sp³-hybridized carbons (Fsp3) is 0.100. The molecule has 2 heterocycles. The smallest absolute Gasteiger partial charge is 0.298 e. The van der Waals surface area contributed by atoms with Crippen molar-refractivity contribution in [2.75, 3.05) is 5.43 Å². The van der Waals surface area contributed by atoms with Gasteiger partial charge >= 0.3 is 5.69 Å². The van der Waals surface area contributed by atoms with Gasteiger partial charge in [-0.3, -0.25) is 18.9 Å². The summed E-state index contributed by atoms with van der Waals surface area (Å²) in [6.07, 6.45) is 1.64. The predicted molar refractivity (Wildman–Crippen MR) is 122 cm³/mol. The summed E-state index contributed by atoms with van der Waals surface area (Å²) in [6, 6.07) is 14.9. The number of anilines is 1. The summed E-state index contributed by atoms with van der Waals surface area (Å²) in [5, 5.41) is 4.86. The minimum atomic E-state index is -0.534. The lowest BCUT2D eigenvalue weighted by molar-refractivity contribution is 0.808. The molecular weight excluding hydrogens is 472 g/mol. The highest BCUT2D eigenvalue weighted by Crippen LogP contribution is 2.19. The molecule has 10 heteroatoms. The third-order valence-electron chi connectivity index (χ3n) is 4.51. The second-order valence-corrected chi connectivity index (χ2v) is 7.91. The summed E-state index contributed by atoms with van der Waals surface area (Å²) < 4.78 is 3.94. The Kier molecular flexibility index (Phi) is 5.56. The van der Waals surface area contributed by atoms with Crippen molar-refractivity contribution in [2.24, 2.45) is 12.1 Å². The fourth-order valence-corrected chi connectivity index (χ4v) is 3.35. The zero-order valence-electron chi connectivity index (χ0n) is 15.8. The van der Waals surface area contributed by atoms with E-state index in [4.69, 9.17) is 11.6 Å². The van der Waals surface area contributed by atoms with Crippen LogP contribution in [0.1, 0.15) is 11.1 Å². The van der Waals surface area contributed by atoms with Gasteiger partial charge in [-0.2, -0.15) is 10.1 Å². The number of benzene rings is 2. The standard InChI is InChI=1S/C20H16BrClN6O2/c1-27-17-16(18(29)25-20(27)30)28(11-13-4-8-15(22)9-5-13)19(24-17)26-23-10-12-2-6-14(21)7-3-12/h2-10H,11H2,1H3,(H,24,26)(H,25,29,30). The largest absolute Gasteiger partial charge is 0.329 e. The summed E-state index contributed by atoms with van der Waals surface area (Å²) in [6.45, 7) is 0.338. The predicted octanol–water partition coefficient (Wildman–Crippen LogP) is 3.33. The van der Waals surface area contributed by atoms with Crippen LogP contribution in [0.4, 0.5) is 5.95 Å². The number of aromatic amines is 1. The average Bonchev–Trinajstić information content (AvgIpc) is 3.08. The van der Waals surface area contributed by atoms with Crippen molar-refractivity contribution in [2.45, 2.75) is 6.54 Å². The first-order valence-electron chi connectivity index (χ1n) is 8.91. The van der Waals surface area contributed by atoms with E-state index in [1.165, 1.54) is 4.57 Å². The Morgan fingerprint density at radius 1 is 1.17 bits per heavy atom. The number of aryl methyl sites for hydroxylation is 1. The van der Waals surface area contributed by atoms with Gasteiger partial charge in [-0.1, -0.05) is 51.8 Å². The fourth-order valence-electron chi connectivity index (χ4n) is 2.96. The van der Waals surface area contributed by atoms with Crippen molar-refractivity contribution in [1.82, 2.24) is 19.1 Å². The van der Waals surface area contributed by atoms with Crippen LogP contribution in [-0.2, 0) is 13.6 Å². The van der Waals surface area contributed by atoms with Gasteiger partial charge < -0.3 is 0 Å². The number of fused-ring (bicyclic) bond motifs is 1. The average molecular weight is 488 g/mol. The molecule has 0 atom stereocenters. The maximum Gasteiger partial charge on any atom is 0.329 e. The molecule has 0 saturated heterocycles. The molecule has 2 N–H and O–H groups in total. The van der Waals surface area contributed by atoms with Gasteiger partial charge in [-0.15, -0.1) is 0 Å². The third-order valence-corrected chi connectivity index (χ3v) is 5.29. The van der Waals surface area contributed by atoms with E-state index < -0.39 is 11.2 Å². The molecule has 2 aromatic carbocycles. The number of halogens is 2. The molecular formula is C20H16BrClN6O2. The highest BCUT2D eigenvalue weighted by molar-refractivity contribution is 9.10. The van der Waals surface area contributed by atoms with Crippen molar-refractivity contribution in [3.05, 3.63) is 90.0 Å². The Hall–Kier alpha value is -3.17. The second-order valence-electron chi connectivity index (χ2n) is 6.56. The van der Waals surface area contributed by atoms with Gasteiger partial charge in [0.2, 0.25) is 5.95 Å². The van der Waals surface area contributed by atoms with Crippen LogP contribution in [0.5, 0.6) is 0 Å². The molecule has 0 aliphatic heterocycles. The van der Waals surface area contributed by atoms with Gasteiger partial charge in [0.05, 0.1) is 12.8 Å². The van der Waals surface area contributed by atoms with Crippen molar-refractivity contribution < 1.29 is 0 Å². The molecule has 0 unspecified atom stereocenters. The molecule has 0 saturated carbocycles. The molecule has 0 fully saturated rings. The van der Waals surface area contributed by atoms with Crippen LogP contribution in [-0.4, -0.2) is 25.3 Å². The zero-order chi connectivity index (χ0) is 21.3. The third kappa shape index (κ3) is 4.07. The van der Waals surface area contributed by atoms with Crippen molar-refractivity contribution in [3.63, 3.8) is 0 Å². The molecule has 4 aromatic rings. The highest BCUT2D eigenvalue weighted by atomic mass is 79.9. The first-order chi connectivity index (χ1) is 14.4. The Morgan fingerprint density at radius 3 is 2.57 bits per heavy atom. The number of nitrogens with one attached hydrogen (secondary N) is 2. The minimum absolute atomic E-state index is 0.263. The zero-order valence-corrected chi connectivity index (χ0v) is 18.1. The summed E-state index contributed by atoms with van der Waals surface area (Å²) >= 11 is 9.37. The lowest BCUT2D eigenvalue weighted by atomic mass is 10.2. The molecule has 0 spiro atoms. The van der Waals surface area contributed by atoms with Crippen molar-refractivity contribution in [3.8, 4) is 0 Å². The summed E-state index contributed by atoms with van der Waals surface area (Å²) in [7, 11) is 1.55. The quantitative estimate of drug-likeness (QED) is 0.333. The number of hydrogen-bond donors (Lipinski definition) is 2. The van der Waals surface area contributed by atoms with E-state index in [9.17, 15) is 9.59 Å². The van der Waals surface area contributed by atoms with E-state index in [-0.39, 0.29) is 11.2 Å². The van der Waals surface area contributed by atoms with E-state index in [1.54, 1.807) is 30.0 Å². The highest BCUT2D eigenvalue weighted by Gasteiger charge is 2.17. The van der Waals surface area contributed by atoms with Gasteiger partial charge in [0.15, 0.2) is 11.2 Å². The Labute approximate surface area is 184 Å². The maximum absolute atomic E-state index is 12.5. The van der Waals surface area contributed by atoms with Crippen molar-refractivity contribution in [1.29, 1.82) is 0 Å². The first kappa shape index (κ1) is 20.1. The number of hydrazone groups is 1. The number of rotatable bonds is 5. The van der Waals surface area contributed by atoms with E-state index in [2.05, 4.69) is 36.4 Å². The summed E-state index contributed by atoms with van der Waals surface area (Å²) in [4.78, 5) is 31.3. The van der Waals surface area contributed by atoms with Gasteiger partial charge in [-0.25, -0.2) is 10.2 Å². The second kappa shape index (κ2) is 8.29. The number of hydrogen-bond acceptors (Lipinski definition) is 5. The van der Waals surface area contributed by atoms with Crippen LogP contribution in [0.2, 0.25) is 5.02 Å². The summed E-state index contributed by atoms with van der Waals surface area (Å²) in [5.74, 6) is 0.333.